The number of hydrogen-bond donors (Lipinski definition) is 2. The van der Waals surface area contributed by atoms with Gasteiger partial charge in [0.15, 0.2) is 0 Å². The molecule has 0 aliphatic heterocycles. The Morgan fingerprint density at radius 1 is 1.46 bits per heavy atom. The molecule has 0 fully saturated rings. The van der Waals surface area contributed by atoms with Gasteiger partial charge in [-0.25, -0.2) is 4.98 Å². The molecule has 3 nitrogen and oxygen atoms in total. The molecule has 78 valence electrons. The molecule has 0 unspecified atom stereocenters. The SMILES string of the molecule is Cc1cnc(CNC(C)C)[nH]1.Cl.Cl. The molecule has 0 saturated carbocycles. The zero-order chi connectivity index (χ0) is 8.27. The van der Waals surface area contributed by atoms with Crippen molar-refractivity contribution in [1.29, 1.82) is 0 Å². The first kappa shape index (κ1) is 15.2. The minimum Gasteiger partial charge on any atom is -0.345 e. The van der Waals surface area contributed by atoms with E-state index in [0.717, 1.165) is 18.1 Å². The van der Waals surface area contributed by atoms with Crippen molar-refractivity contribution < 1.29 is 0 Å². The molecule has 0 bridgehead atoms. The van der Waals surface area contributed by atoms with E-state index >= 15 is 0 Å². The first-order valence-corrected chi connectivity index (χ1v) is 3.92. The number of nitrogens with one attached hydrogen (secondary N) is 2. The van der Waals surface area contributed by atoms with Crippen LogP contribution in [-0.2, 0) is 6.54 Å². The van der Waals surface area contributed by atoms with Crippen LogP contribution in [0.5, 0.6) is 0 Å². The van der Waals surface area contributed by atoms with Gasteiger partial charge in [-0.2, -0.15) is 0 Å². The van der Waals surface area contributed by atoms with E-state index in [0.29, 0.717) is 6.04 Å². The predicted octanol–water partition coefficient (Wildman–Crippen LogP) is 2.06. The van der Waals surface area contributed by atoms with Gasteiger partial charge in [-0.05, 0) is 6.92 Å². The fourth-order valence-corrected chi connectivity index (χ4v) is 0.858. The van der Waals surface area contributed by atoms with E-state index in [2.05, 4.69) is 29.1 Å². The van der Waals surface area contributed by atoms with Gasteiger partial charge in [0.25, 0.3) is 0 Å². The van der Waals surface area contributed by atoms with Crippen LogP contribution in [0.2, 0.25) is 0 Å². The maximum atomic E-state index is 4.17. The molecule has 0 aliphatic rings. The lowest BCUT2D eigenvalue weighted by atomic mass is 10.4. The maximum Gasteiger partial charge on any atom is 0.120 e. The van der Waals surface area contributed by atoms with E-state index in [1.54, 1.807) is 0 Å². The van der Waals surface area contributed by atoms with Crippen LogP contribution in [-0.4, -0.2) is 16.0 Å². The molecule has 0 aliphatic carbocycles. The van der Waals surface area contributed by atoms with Crippen LogP contribution in [0.3, 0.4) is 0 Å². The summed E-state index contributed by atoms with van der Waals surface area (Å²) in [5.74, 6) is 1.01. The number of imidazole rings is 1. The van der Waals surface area contributed by atoms with Gasteiger partial charge in [0.1, 0.15) is 5.82 Å². The summed E-state index contributed by atoms with van der Waals surface area (Å²) >= 11 is 0. The second-order valence-corrected chi connectivity index (χ2v) is 3.05. The smallest absolute Gasteiger partial charge is 0.120 e. The highest BCUT2D eigenvalue weighted by molar-refractivity contribution is 5.85. The molecule has 0 saturated heterocycles. The van der Waals surface area contributed by atoms with Gasteiger partial charge < -0.3 is 10.3 Å². The highest BCUT2D eigenvalue weighted by Gasteiger charge is 1.97. The summed E-state index contributed by atoms with van der Waals surface area (Å²) < 4.78 is 0. The minimum absolute atomic E-state index is 0. The highest BCUT2D eigenvalue weighted by Crippen LogP contribution is 1.94. The Kier molecular flexibility index (Phi) is 8.42. The van der Waals surface area contributed by atoms with Gasteiger partial charge >= 0.3 is 0 Å². The lowest BCUT2D eigenvalue weighted by Crippen LogP contribution is -2.22. The van der Waals surface area contributed by atoms with Crippen LogP contribution in [0.15, 0.2) is 6.20 Å². The largest absolute Gasteiger partial charge is 0.345 e. The van der Waals surface area contributed by atoms with Crippen molar-refractivity contribution in [2.75, 3.05) is 0 Å². The molecule has 0 spiro atoms. The molecule has 13 heavy (non-hydrogen) atoms. The van der Waals surface area contributed by atoms with Crippen LogP contribution in [0.1, 0.15) is 25.4 Å². The van der Waals surface area contributed by atoms with E-state index in [9.17, 15) is 0 Å². The number of rotatable bonds is 3. The molecule has 5 heteroatoms. The molecule has 1 aromatic heterocycles. The zero-order valence-corrected chi connectivity index (χ0v) is 9.76. The predicted molar refractivity (Wildman–Crippen MR) is 59.8 cm³/mol. The van der Waals surface area contributed by atoms with Crippen molar-refractivity contribution in [1.82, 2.24) is 15.3 Å². The van der Waals surface area contributed by atoms with Crippen molar-refractivity contribution in [3.63, 3.8) is 0 Å². The summed E-state index contributed by atoms with van der Waals surface area (Å²) in [4.78, 5) is 7.33. The average Bonchev–Trinajstić information content (AvgIpc) is 2.31. The Hall–Kier alpha value is -0.250. The standard InChI is InChI=1S/C8H15N3.2ClH/c1-6(2)9-5-8-10-4-7(3)11-8;;/h4,6,9H,5H2,1-3H3,(H,10,11);2*1H. The van der Waals surface area contributed by atoms with Crippen molar-refractivity contribution in [2.45, 2.75) is 33.4 Å². The number of nitrogens with zero attached hydrogens (tertiary/aromatic N) is 1. The number of aryl methyl sites for hydroxylation is 1. The number of aromatic nitrogens is 2. The van der Waals surface area contributed by atoms with E-state index in [4.69, 9.17) is 0 Å². The van der Waals surface area contributed by atoms with Crippen molar-refractivity contribution >= 4 is 24.8 Å². The Morgan fingerprint density at radius 3 is 2.46 bits per heavy atom. The number of aromatic amines is 1. The quantitative estimate of drug-likeness (QED) is 0.828. The second-order valence-electron chi connectivity index (χ2n) is 3.05. The second kappa shape index (κ2) is 7.18. The zero-order valence-electron chi connectivity index (χ0n) is 8.13. The summed E-state index contributed by atoms with van der Waals surface area (Å²) in [6.45, 7) is 7.07. The topological polar surface area (TPSA) is 40.7 Å². The third-order valence-corrected chi connectivity index (χ3v) is 1.43. The van der Waals surface area contributed by atoms with E-state index < -0.39 is 0 Å². The van der Waals surface area contributed by atoms with Crippen LogP contribution in [0.25, 0.3) is 0 Å². The van der Waals surface area contributed by atoms with Crippen molar-refractivity contribution in [3.8, 4) is 0 Å². The van der Waals surface area contributed by atoms with Crippen LogP contribution in [0, 0.1) is 6.92 Å². The highest BCUT2D eigenvalue weighted by atomic mass is 35.5. The number of halogens is 2. The van der Waals surface area contributed by atoms with Gasteiger partial charge in [0.05, 0.1) is 6.54 Å². The van der Waals surface area contributed by atoms with Crippen LogP contribution < -0.4 is 5.32 Å². The Balaban J connectivity index is 0. The average molecular weight is 226 g/mol. The van der Waals surface area contributed by atoms with Gasteiger partial charge in [-0.1, -0.05) is 13.8 Å². The molecular weight excluding hydrogens is 209 g/mol. The van der Waals surface area contributed by atoms with Crippen LogP contribution >= 0.6 is 24.8 Å². The summed E-state index contributed by atoms with van der Waals surface area (Å²) in [6, 6.07) is 0.514. The normalized spacial score (nSPS) is 9.23. The minimum atomic E-state index is 0. The third-order valence-electron chi connectivity index (χ3n) is 1.43. The Bertz CT molecular complexity index is 223. The van der Waals surface area contributed by atoms with E-state index in [-0.39, 0.29) is 24.8 Å². The lowest BCUT2D eigenvalue weighted by molar-refractivity contribution is 0.575. The molecule has 1 rings (SSSR count). The van der Waals surface area contributed by atoms with Gasteiger partial charge in [0.2, 0.25) is 0 Å². The Labute approximate surface area is 91.5 Å². The number of hydrogen-bond acceptors (Lipinski definition) is 2. The molecule has 0 atom stereocenters. The molecule has 1 heterocycles. The fourth-order valence-electron chi connectivity index (χ4n) is 0.858. The summed E-state index contributed by atoms with van der Waals surface area (Å²) in [6.07, 6.45) is 1.84. The molecule has 0 radical (unpaired) electrons. The molecule has 1 aromatic rings. The van der Waals surface area contributed by atoms with E-state index in [1.165, 1.54) is 0 Å². The molecular formula is C8H17Cl2N3. The maximum absolute atomic E-state index is 4.17. The van der Waals surface area contributed by atoms with Gasteiger partial charge in [-0.3, -0.25) is 0 Å². The summed E-state index contributed by atoms with van der Waals surface area (Å²) in [5.41, 5.74) is 1.12. The number of H-pyrrole nitrogens is 1. The van der Waals surface area contributed by atoms with Gasteiger partial charge in [0, 0.05) is 17.9 Å². The summed E-state index contributed by atoms with van der Waals surface area (Å²) in [7, 11) is 0. The first-order valence-electron chi connectivity index (χ1n) is 3.92. The van der Waals surface area contributed by atoms with E-state index in [1.807, 2.05) is 13.1 Å². The lowest BCUT2D eigenvalue weighted by Gasteiger charge is -2.04. The monoisotopic (exact) mass is 225 g/mol. The van der Waals surface area contributed by atoms with Crippen LogP contribution in [0.4, 0.5) is 0 Å². The molecule has 2 N–H and O–H groups in total. The Morgan fingerprint density at radius 2 is 2.08 bits per heavy atom. The molecule has 0 aromatic carbocycles. The van der Waals surface area contributed by atoms with Crippen molar-refractivity contribution in [2.24, 2.45) is 0 Å². The first-order chi connectivity index (χ1) is 5.18. The van der Waals surface area contributed by atoms with Crippen molar-refractivity contribution in [3.05, 3.63) is 17.7 Å². The van der Waals surface area contributed by atoms with Gasteiger partial charge in [-0.15, -0.1) is 24.8 Å². The third kappa shape index (κ3) is 5.91. The fraction of sp³-hybridized carbons (Fsp3) is 0.625. The molecule has 0 amide bonds. The summed E-state index contributed by atoms with van der Waals surface area (Å²) in [5, 5.41) is 3.28.